The van der Waals surface area contributed by atoms with Crippen LogP contribution in [0.5, 0.6) is 0 Å². The van der Waals surface area contributed by atoms with Gasteiger partial charge in [-0.1, -0.05) is 0 Å². The van der Waals surface area contributed by atoms with Crippen molar-refractivity contribution in [2.24, 2.45) is 5.73 Å². The summed E-state index contributed by atoms with van der Waals surface area (Å²) in [6.07, 6.45) is 5.23. The van der Waals surface area contributed by atoms with Crippen molar-refractivity contribution < 1.29 is 13.9 Å². The first-order valence-electron chi connectivity index (χ1n) is 11.2. The fourth-order valence-corrected chi connectivity index (χ4v) is 4.18. The number of nitrogens with two attached hydrogens (primary N) is 1. The maximum absolute atomic E-state index is 13.2. The molecule has 1 amide bonds. The van der Waals surface area contributed by atoms with Gasteiger partial charge in [0.15, 0.2) is 0 Å². The van der Waals surface area contributed by atoms with Crippen molar-refractivity contribution in [2.75, 3.05) is 17.2 Å². The van der Waals surface area contributed by atoms with Gasteiger partial charge < -0.3 is 26.1 Å². The highest BCUT2D eigenvalue weighted by Crippen LogP contribution is 2.32. The summed E-state index contributed by atoms with van der Waals surface area (Å²) in [7, 11) is 0. The average molecular weight is 440 g/mol. The smallest absolute Gasteiger partial charge is 0.259 e. The number of H-pyrrole nitrogens is 1. The molecule has 8 heteroatoms. The molecule has 1 atom stereocenters. The van der Waals surface area contributed by atoms with Gasteiger partial charge in [-0.15, -0.1) is 0 Å². The van der Waals surface area contributed by atoms with Crippen LogP contribution in [-0.2, 0) is 4.74 Å². The van der Waals surface area contributed by atoms with Crippen molar-refractivity contribution >= 4 is 28.3 Å². The summed E-state index contributed by atoms with van der Waals surface area (Å²) in [5.41, 5.74) is 9.36. The second-order valence-corrected chi connectivity index (χ2v) is 8.35. The molecule has 0 saturated heterocycles. The Hall–Kier alpha value is -2.97. The molecule has 1 aliphatic rings. The lowest BCUT2D eigenvalue weighted by atomic mass is 9.91. The molecule has 4 rings (SSSR count). The van der Waals surface area contributed by atoms with Gasteiger partial charge in [-0.25, -0.2) is 9.37 Å². The second-order valence-electron chi connectivity index (χ2n) is 8.35. The summed E-state index contributed by atoms with van der Waals surface area (Å²) < 4.78 is 19.0. The van der Waals surface area contributed by atoms with E-state index in [4.69, 9.17) is 10.5 Å². The van der Waals surface area contributed by atoms with Gasteiger partial charge in [0.1, 0.15) is 11.5 Å². The molecule has 32 heavy (non-hydrogen) atoms. The van der Waals surface area contributed by atoms with Crippen molar-refractivity contribution in [3.63, 3.8) is 0 Å². The van der Waals surface area contributed by atoms with Crippen LogP contribution in [-0.4, -0.2) is 34.6 Å². The number of ether oxygens (including phenoxy) is 1. The van der Waals surface area contributed by atoms with Crippen molar-refractivity contribution in [3.8, 4) is 0 Å². The molecule has 5 N–H and O–H groups in total. The Morgan fingerprint density at radius 1 is 1.28 bits per heavy atom. The zero-order valence-electron chi connectivity index (χ0n) is 18.5. The minimum atomic E-state index is -0.354. The number of hydrogen-bond donors (Lipinski definition) is 4. The first-order chi connectivity index (χ1) is 15.4. The van der Waals surface area contributed by atoms with Crippen molar-refractivity contribution in [1.29, 1.82) is 0 Å². The van der Waals surface area contributed by atoms with E-state index in [0.717, 1.165) is 42.5 Å². The van der Waals surface area contributed by atoms with Gasteiger partial charge in [0, 0.05) is 41.7 Å². The lowest BCUT2D eigenvalue weighted by Gasteiger charge is -2.28. The number of fused-ring (bicyclic) bond motifs is 1. The maximum atomic E-state index is 13.2. The number of aromatic amines is 1. The van der Waals surface area contributed by atoms with Crippen LogP contribution in [0.25, 0.3) is 11.0 Å². The molecular weight excluding hydrogens is 409 g/mol. The molecule has 2 aromatic heterocycles. The minimum absolute atomic E-state index is 0.119. The number of nitrogens with one attached hydrogen (secondary N) is 3. The van der Waals surface area contributed by atoms with Gasteiger partial charge in [-0.05, 0) is 69.9 Å². The number of amides is 1. The Balaban J connectivity index is 1.69. The van der Waals surface area contributed by atoms with Gasteiger partial charge in [0.2, 0.25) is 0 Å². The van der Waals surface area contributed by atoms with E-state index in [1.165, 1.54) is 24.3 Å². The van der Waals surface area contributed by atoms with Gasteiger partial charge >= 0.3 is 0 Å². The van der Waals surface area contributed by atoms with Crippen LogP contribution in [0.4, 0.5) is 15.8 Å². The molecule has 2 heterocycles. The number of pyridine rings is 1. The summed E-state index contributed by atoms with van der Waals surface area (Å²) in [4.78, 5) is 21.0. The number of rotatable bonds is 7. The number of carbonyl (C=O) groups is 1. The van der Waals surface area contributed by atoms with E-state index >= 15 is 0 Å². The van der Waals surface area contributed by atoms with E-state index in [1.54, 1.807) is 6.20 Å². The molecule has 0 aliphatic heterocycles. The highest BCUT2D eigenvalue weighted by atomic mass is 19.1. The molecule has 0 radical (unpaired) electrons. The normalized spacial score (nSPS) is 19.6. The monoisotopic (exact) mass is 439 g/mol. The Labute approximate surface area is 186 Å². The third kappa shape index (κ3) is 4.92. The quantitative estimate of drug-likeness (QED) is 0.426. The third-order valence-electron chi connectivity index (χ3n) is 6.00. The van der Waals surface area contributed by atoms with Crippen molar-refractivity contribution in [1.82, 2.24) is 9.97 Å². The molecule has 1 aliphatic carbocycles. The van der Waals surface area contributed by atoms with Gasteiger partial charge in [-0.3, -0.25) is 4.79 Å². The number of anilines is 2. The highest BCUT2D eigenvalue weighted by Gasteiger charge is 2.24. The standard InChI is InChI=1S/C24H30FN5O2/c1-3-32-14(2)21-12-19-22(28-17-10-6-16(26)7-11-17)20(13-27-23(19)30-21)24(31)29-18-8-4-15(25)5-9-18/h4-5,8-9,12-14,16-17H,3,6-7,10-11,26H2,1-2H3,(H,29,31)(H2,27,28,30)/t14?,16-,17-. The van der Waals surface area contributed by atoms with Gasteiger partial charge in [0.25, 0.3) is 5.91 Å². The lowest BCUT2D eigenvalue weighted by Crippen LogP contribution is -2.33. The number of halogens is 1. The van der Waals surface area contributed by atoms with Crippen molar-refractivity contribution in [2.45, 2.75) is 57.7 Å². The Kier molecular flexibility index (Phi) is 6.72. The number of hydrogen-bond acceptors (Lipinski definition) is 5. The van der Waals surface area contributed by atoms with E-state index in [9.17, 15) is 9.18 Å². The van der Waals surface area contributed by atoms with E-state index in [0.29, 0.717) is 23.5 Å². The van der Waals surface area contributed by atoms with Crippen LogP contribution >= 0.6 is 0 Å². The predicted molar refractivity (Wildman–Crippen MR) is 124 cm³/mol. The van der Waals surface area contributed by atoms with Crippen LogP contribution in [0, 0.1) is 5.82 Å². The number of nitrogens with zero attached hydrogens (tertiary/aromatic N) is 1. The Morgan fingerprint density at radius 3 is 2.69 bits per heavy atom. The fraction of sp³-hybridized carbons (Fsp3) is 0.417. The van der Waals surface area contributed by atoms with Crippen LogP contribution in [0.2, 0.25) is 0 Å². The summed E-state index contributed by atoms with van der Waals surface area (Å²) in [5.74, 6) is -0.658. The molecular formula is C24H30FN5O2. The van der Waals surface area contributed by atoms with Crippen LogP contribution in [0.1, 0.15) is 61.7 Å². The van der Waals surface area contributed by atoms with E-state index < -0.39 is 0 Å². The first kappa shape index (κ1) is 22.2. The van der Waals surface area contributed by atoms with Crippen molar-refractivity contribution in [3.05, 3.63) is 53.6 Å². The fourth-order valence-electron chi connectivity index (χ4n) is 4.18. The van der Waals surface area contributed by atoms with E-state index in [-0.39, 0.29) is 29.9 Å². The Bertz CT molecular complexity index is 1070. The largest absolute Gasteiger partial charge is 0.381 e. The minimum Gasteiger partial charge on any atom is -0.381 e. The van der Waals surface area contributed by atoms with Crippen LogP contribution in [0.15, 0.2) is 36.5 Å². The van der Waals surface area contributed by atoms with Gasteiger partial charge in [0.05, 0.1) is 17.4 Å². The molecule has 0 bridgehead atoms. The number of aromatic nitrogens is 2. The topological polar surface area (TPSA) is 105 Å². The molecule has 1 saturated carbocycles. The number of benzene rings is 1. The summed E-state index contributed by atoms with van der Waals surface area (Å²) in [6.45, 7) is 4.53. The van der Waals surface area contributed by atoms with Crippen LogP contribution in [0.3, 0.4) is 0 Å². The molecule has 1 aromatic carbocycles. The molecule has 170 valence electrons. The lowest BCUT2D eigenvalue weighted by molar-refractivity contribution is 0.0739. The predicted octanol–water partition coefficient (Wildman–Crippen LogP) is 4.73. The second kappa shape index (κ2) is 9.67. The molecule has 7 nitrogen and oxygen atoms in total. The molecule has 3 aromatic rings. The zero-order valence-corrected chi connectivity index (χ0v) is 18.5. The van der Waals surface area contributed by atoms with Gasteiger partial charge in [-0.2, -0.15) is 0 Å². The summed E-state index contributed by atoms with van der Waals surface area (Å²) in [5, 5.41) is 7.28. The summed E-state index contributed by atoms with van der Waals surface area (Å²) >= 11 is 0. The molecule has 0 spiro atoms. The highest BCUT2D eigenvalue weighted by molar-refractivity contribution is 6.12. The van der Waals surface area contributed by atoms with E-state index in [1.807, 2.05) is 19.9 Å². The zero-order chi connectivity index (χ0) is 22.7. The summed E-state index contributed by atoms with van der Waals surface area (Å²) in [6, 6.07) is 8.15. The number of carbonyl (C=O) groups excluding carboxylic acids is 1. The molecule has 1 unspecified atom stereocenters. The van der Waals surface area contributed by atoms with E-state index in [2.05, 4.69) is 20.6 Å². The third-order valence-corrected chi connectivity index (χ3v) is 6.00. The SMILES string of the molecule is CCOC(C)c1cc2c(N[C@H]3CC[C@H](N)CC3)c(C(=O)Nc3ccc(F)cc3)cnc2[nH]1. The maximum Gasteiger partial charge on any atom is 0.259 e. The average Bonchev–Trinajstić information content (AvgIpc) is 3.22. The van der Waals surface area contributed by atoms with Crippen LogP contribution < -0.4 is 16.4 Å². The molecule has 1 fully saturated rings. The Morgan fingerprint density at radius 2 is 2.00 bits per heavy atom. The first-order valence-corrected chi connectivity index (χ1v) is 11.2.